The zero-order chi connectivity index (χ0) is 20.9. The Morgan fingerprint density at radius 2 is 2.03 bits per heavy atom. The molecule has 6 rings (SSSR count). The lowest BCUT2D eigenvalue weighted by Gasteiger charge is -2.19. The van der Waals surface area contributed by atoms with Gasteiger partial charge in [0.25, 0.3) is 0 Å². The summed E-state index contributed by atoms with van der Waals surface area (Å²) in [5, 5.41) is 20.6. The molecule has 2 aliphatic rings. The van der Waals surface area contributed by atoms with E-state index >= 15 is 0 Å². The minimum Gasteiger partial charge on any atom is -0.507 e. The van der Waals surface area contributed by atoms with Crippen LogP contribution < -0.4 is 10.2 Å². The second-order valence-corrected chi connectivity index (χ2v) is 8.95. The van der Waals surface area contributed by atoms with Gasteiger partial charge in [0.05, 0.1) is 23.1 Å². The SMILES string of the molecule is Cn1cc2cc(-c3ccc4cc(N5CC[C@@H](NCC6CC6)C5)cnc4n3)c(O)cc2n1. The summed E-state index contributed by atoms with van der Waals surface area (Å²) in [5.74, 6) is 1.09. The van der Waals surface area contributed by atoms with Gasteiger partial charge in [0.2, 0.25) is 0 Å². The molecule has 158 valence electrons. The number of phenols is 1. The molecule has 1 aliphatic heterocycles. The Morgan fingerprint density at radius 1 is 1.13 bits per heavy atom. The number of fused-ring (bicyclic) bond motifs is 2. The monoisotopic (exact) mass is 414 g/mol. The molecule has 4 aromatic rings. The van der Waals surface area contributed by atoms with Crippen molar-refractivity contribution in [3.8, 4) is 17.0 Å². The second kappa shape index (κ2) is 7.20. The van der Waals surface area contributed by atoms with Crippen molar-refractivity contribution in [1.29, 1.82) is 0 Å². The zero-order valence-corrected chi connectivity index (χ0v) is 17.6. The third-order valence-corrected chi connectivity index (χ3v) is 6.49. The molecule has 1 atom stereocenters. The van der Waals surface area contributed by atoms with Crippen molar-refractivity contribution in [2.75, 3.05) is 24.5 Å². The Kier molecular flexibility index (Phi) is 4.31. The average molecular weight is 415 g/mol. The molecule has 1 aliphatic carbocycles. The van der Waals surface area contributed by atoms with Crippen molar-refractivity contribution < 1.29 is 5.11 Å². The van der Waals surface area contributed by atoms with E-state index in [1.54, 1.807) is 10.7 Å². The van der Waals surface area contributed by atoms with Gasteiger partial charge in [-0.25, -0.2) is 9.97 Å². The molecule has 0 bridgehead atoms. The van der Waals surface area contributed by atoms with Crippen LogP contribution in [-0.2, 0) is 7.05 Å². The average Bonchev–Trinajstić information content (AvgIpc) is 3.35. The predicted molar refractivity (Wildman–Crippen MR) is 122 cm³/mol. The normalized spacial score (nSPS) is 19.0. The smallest absolute Gasteiger partial charge is 0.159 e. The van der Waals surface area contributed by atoms with E-state index in [9.17, 15) is 5.11 Å². The first-order valence-electron chi connectivity index (χ1n) is 11.0. The molecular formula is C24H26N6O. The standard InChI is InChI=1S/C24H26N6O/c1-29-13-17-9-20(23(31)10-22(17)28-29)21-5-4-16-8-19(12-26-24(16)27-21)30-7-6-18(14-30)25-11-15-2-3-15/h4-5,8-10,12-13,15,18,25,31H,2-3,6-7,11,14H2,1H3/t18-/m1/s1. The van der Waals surface area contributed by atoms with E-state index in [1.807, 2.05) is 37.6 Å². The van der Waals surface area contributed by atoms with Crippen molar-refractivity contribution in [1.82, 2.24) is 25.1 Å². The van der Waals surface area contributed by atoms with E-state index in [2.05, 4.69) is 26.4 Å². The van der Waals surface area contributed by atoms with E-state index in [0.29, 0.717) is 22.9 Å². The largest absolute Gasteiger partial charge is 0.507 e. The number of benzene rings is 1. The lowest BCUT2D eigenvalue weighted by atomic mass is 10.1. The van der Waals surface area contributed by atoms with Crippen LogP contribution >= 0.6 is 0 Å². The van der Waals surface area contributed by atoms with Gasteiger partial charge in [0.15, 0.2) is 5.65 Å². The zero-order valence-electron chi connectivity index (χ0n) is 17.6. The molecule has 0 radical (unpaired) electrons. The van der Waals surface area contributed by atoms with Crippen molar-refractivity contribution in [2.24, 2.45) is 13.0 Å². The van der Waals surface area contributed by atoms with Crippen LogP contribution in [0.1, 0.15) is 19.3 Å². The maximum atomic E-state index is 10.5. The fraction of sp³-hybridized carbons (Fsp3) is 0.375. The number of aryl methyl sites for hydroxylation is 1. The van der Waals surface area contributed by atoms with E-state index in [4.69, 9.17) is 4.98 Å². The Labute approximate surface area is 180 Å². The van der Waals surface area contributed by atoms with Crippen molar-refractivity contribution in [2.45, 2.75) is 25.3 Å². The van der Waals surface area contributed by atoms with Gasteiger partial charge in [-0.15, -0.1) is 0 Å². The molecule has 4 heterocycles. The number of aromatic nitrogens is 4. The van der Waals surface area contributed by atoms with Crippen molar-refractivity contribution in [3.05, 3.63) is 42.7 Å². The van der Waals surface area contributed by atoms with Gasteiger partial charge in [-0.2, -0.15) is 5.10 Å². The third kappa shape index (κ3) is 3.59. The highest BCUT2D eigenvalue weighted by atomic mass is 16.3. The molecule has 1 aromatic carbocycles. The van der Waals surface area contributed by atoms with Crippen molar-refractivity contribution >= 4 is 27.6 Å². The lowest BCUT2D eigenvalue weighted by molar-refractivity contribution is 0.478. The van der Waals surface area contributed by atoms with E-state index in [1.165, 1.54) is 25.8 Å². The summed E-state index contributed by atoms with van der Waals surface area (Å²) in [7, 11) is 1.87. The van der Waals surface area contributed by atoms with Gasteiger partial charge >= 0.3 is 0 Å². The topological polar surface area (TPSA) is 79.1 Å². The molecule has 2 fully saturated rings. The van der Waals surface area contributed by atoms with Crippen LogP contribution in [0, 0.1) is 5.92 Å². The number of pyridine rings is 2. The van der Waals surface area contributed by atoms with Gasteiger partial charge in [-0.1, -0.05) is 0 Å². The first-order valence-corrected chi connectivity index (χ1v) is 11.0. The van der Waals surface area contributed by atoms with Gasteiger partial charge in [0.1, 0.15) is 5.75 Å². The van der Waals surface area contributed by atoms with Crippen LogP contribution in [0.4, 0.5) is 5.69 Å². The number of rotatable bonds is 5. The summed E-state index contributed by atoms with van der Waals surface area (Å²) in [6, 6.07) is 10.4. The third-order valence-electron chi connectivity index (χ3n) is 6.49. The molecular weight excluding hydrogens is 388 g/mol. The van der Waals surface area contributed by atoms with Crippen LogP contribution in [-0.4, -0.2) is 50.5 Å². The van der Waals surface area contributed by atoms with E-state index in [0.717, 1.165) is 41.0 Å². The van der Waals surface area contributed by atoms with Crippen LogP contribution in [0.15, 0.2) is 42.7 Å². The molecule has 7 heteroatoms. The number of phenolic OH excluding ortho intramolecular Hbond substituents is 1. The van der Waals surface area contributed by atoms with Gasteiger partial charge in [-0.05, 0) is 56.0 Å². The van der Waals surface area contributed by atoms with E-state index < -0.39 is 0 Å². The highest BCUT2D eigenvalue weighted by Crippen LogP contribution is 2.33. The van der Waals surface area contributed by atoms with Crippen molar-refractivity contribution in [3.63, 3.8) is 0 Å². The first-order chi connectivity index (χ1) is 15.1. The number of hydrogen-bond acceptors (Lipinski definition) is 6. The molecule has 0 spiro atoms. The second-order valence-electron chi connectivity index (χ2n) is 8.95. The number of anilines is 1. The Hall–Kier alpha value is -3.19. The quantitative estimate of drug-likeness (QED) is 0.521. The molecule has 31 heavy (non-hydrogen) atoms. The minimum absolute atomic E-state index is 0.177. The van der Waals surface area contributed by atoms with E-state index in [-0.39, 0.29) is 5.75 Å². The summed E-state index contributed by atoms with van der Waals surface area (Å²) < 4.78 is 1.75. The maximum absolute atomic E-state index is 10.5. The Morgan fingerprint density at radius 3 is 2.90 bits per heavy atom. The molecule has 7 nitrogen and oxygen atoms in total. The maximum Gasteiger partial charge on any atom is 0.159 e. The van der Waals surface area contributed by atoms with Crippen LogP contribution in [0.5, 0.6) is 5.75 Å². The number of aromatic hydroxyl groups is 1. The fourth-order valence-corrected chi connectivity index (χ4v) is 4.53. The number of nitrogens with one attached hydrogen (secondary N) is 1. The molecule has 0 amide bonds. The van der Waals surface area contributed by atoms with Crippen LogP contribution in [0.25, 0.3) is 33.2 Å². The summed E-state index contributed by atoms with van der Waals surface area (Å²) in [4.78, 5) is 11.8. The number of nitrogens with zero attached hydrogens (tertiary/aromatic N) is 5. The first kappa shape index (κ1) is 18.6. The highest BCUT2D eigenvalue weighted by molar-refractivity contribution is 5.89. The molecule has 0 unspecified atom stereocenters. The minimum atomic E-state index is 0.177. The number of hydrogen-bond donors (Lipinski definition) is 2. The summed E-state index contributed by atoms with van der Waals surface area (Å²) in [6.45, 7) is 3.25. The molecule has 2 N–H and O–H groups in total. The molecule has 1 saturated heterocycles. The summed E-state index contributed by atoms with van der Waals surface area (Å²) in [6.07, 6.45) is 7.82. The van der Waals surface area contributed by atoms with Crippen LogP contribution in [0.3, 0.4) is 0 Å². The fourth-order valence-electron chi connectivity index (χ4n) is 4.53. The summed E-state index contributed by atoms with van der Waals surface area (Å²) >= 11 is 0. The molecule has 1 saturated carbocycles. The lowest BCUT2D eigenvalue weighted by Crippen LogP contribution is -2.33. The van der Waals surface area contributed by atoms with Gasteiger partial charge in [-0.3, -0.25) is 4.68 Å². The Bertz CT molecular complexity index is 1280. The highest BCUT2D eigenvalue weighted by Gasteiger charge is 2.26. The Balaban J connectivity index is 1.25. The van der Waals surface area contributed by atoms with Gasteiger partial charge < -0.3 is 15.3 Å². The van der Waals surface area contributed by atoms with Gasteiger partial charge in [0, 0.05) is 54.8 Å². The predicted octanol–water partition coefficient (Wildman–Crippen LogP) is 3.47. The molecule has 3 aromatic heterocycles. The summed E-state index contributed by atoms with van der Waals surface area (Å²) in [5.41, 5.74) is 4.01. The van der Waals surface area contributed by atoms with Crippen LogP contribution in [0.2, 0.25) is 0 Å².